The molecule has 0 heterocycles. The zero-order valence-electron chi connectivity index (χ0n) is 17.3. The number of amides is 1. The lowest BCUT2D eigenvalue weighted by Gasteiger charge is -2.24. The smallest absolute Gasteiger partial charge is 0.325 e. The van der Waals surface area contributed by atoms with E-state index >= 15 is 0 Å². The predicted molar refractivity (Wildman–Crippen MR) is 117 cm³/mol. The Morgan fingerprint density at radius 2 is 1.47 bits per heavy atom. The Kier molecular flexibility index (Phi) is 6.59. The van der Waals surface area contributed by atoms with Crippen molar-refractivity contribution in [1.29, 1.82) is 0 Å². The number of halogens is 3. The van der Waals surface area contributed by atoms with E-state index in [4.69, 9.17) is 0 Å². The van der Waals surface area contributed by atoms with Gasteiger partial charge in [-0.1, -0.05) is 41.5 Å². The summed E-state index contributed by atoms with van der Waals surface area (Å²) in [6, 6.07) is 16.9. The number of benzene rings is 3. The van der Waals surface area contributed by atoms with Crippen LogP contribution in [0.15, 0.2) is 77.7 Å². The first-order chi connectivity index (χ1) is 15.0. The molecule has 0 atom stereocenters. The maximum atomic E-state index is 13.3. The first-order valence-corrected chi connectivity index (χ1v) is 11.0. The molecule has 0 aromatic heterocycles. The number of rotatable bonds is 6. The topological polar surface area (TPSA) is 66.5 Å². The van der Waals surface area contributed by atoms with Crippen molar-refractivity contribution in [2.24, 2.45) is 0 Å². The first kappa shape index (κ1) is 23.3. The highest BCUT2D eigenvalue weighted by atomic mass is 32.2. The molecule has 0 fully saturated rings. The molecular formula is C23H21F3N2O3S. The number of carbonyl (C=O) groups excluding carboxylic acids is 1. The van der Waals surface area contributed by atoms with Crippen LogP contribution in [-0.4, -0.2) is 20.9 Å². The Morgan fingerprint density at radius 3 is 2.03 bits per heavy atom. The molecule has 0 saturated carbocycles. The molecule has 9 heteroatoms. The Balaban J connectivity index is 1.92. The molecule has 0 unspecified atom stereocenters. The van der Waals surface area contributed by atoms with E-state index in [0.29, 0.717) is 0 Å². The second-order valence-corrected chi connectivity index (χ2v) is 9.15. The average Bonchev–Trinajstić information content (AvgIpc) is 2.72. The Bertz CT molecular complexity index is 1210. The van der Waals surface area contributed by atoms with Crippen molar-refractivity contribution in [2.45, 2.75) is 24.9 Å². The lowest BCUT2D eigenvalue weighted by atomic mass is 10.2. The molecule has 3 aromatic rings. The number of nitrogens with one attached hydrogen (secondary N) is 1. The number of hydrogen-bond donors (Lipinski definition) is 1. The van der Waals surface area contributed by atoms with Gasteiger partial charge in [0.15, 0.2) is 0 Å². The lowest BCUT2D eigenvalue weighted by molar-refractivity contribution is -0.137. The fourth-order valence-electron chi connectivity index (χ4n) is 2.97. The quantitative estimate of drug-likeness (QED) is 0.551. The summed E-state index contributed by atoms with van der Waals surface area (Å²) in [6.45, 7) is 3.04. The van der Waals surface area contributed by atoms with Gasteiger partial charge >= 0.3 is 6.18 Å². The molecule has 0 radical (unpaired) electrons. The van der Waals surface area contributed by atoms with Gasteiger partial charge in [-0.3, -0.25) is 9.10 Å². The Labute approximate surface area is 184 Å². The van der Waals surface area contributed by atoms with Crippen LogP contribution in [0.25, 0.3) is 0 Å². The Morgan fingerprint density at radius 1 is 0.906 bits per heavy atom. The van der Waals surface area contributed by atoms with Crippen molar-refractivity contribution < 1.29 is 26.4 Å². The largest absolute Gasteiger partial charge is 0.416 e. The van der Waals surface area contributed by atoms with Crippen LogP contribution in [0.2, 0.25) is 0 Å². The van der Waals surface area contributed by atoms with Crippen molar-refractivity contribution >= 4 is 27.3 Å². The summed E-state index contributed by atoms with van der Waals surface area (Å²) in [6.07, 6.45) is -4.57. The van der Waals surface area contributed by atoms with Crippen LogP contribution in [-0.2, 0) is 21.0 Å². The zero-order chi connectivity index (χ0) is 23.5. The lowest BCUT2D eigenvalue weighted by Crippen LogP contribution is -2.38. The molecule has 0 saturated heterocycles. The van der Waals surface area contributed by atoms with Crippen LogP contribution in [0.5, 0.6) is 0 Å². The van der Waals surface area contributed by atoms with Gasteiger partial charge < -0.3 is 5.32 Å². The monoisotopic (exact) mass is 462 g/mol. The van der Waals surface area contributed by atoms with Gasteiger partial charge in [0, 0.05) is 5.69 Å². The van der Waals surface area contributed by atoms with Gasteiger partial charge in [-0.15, -0.1) is 0 Å². The van der Waals surface area contributed by atoms with Crippen LogP contribution < -0.4 is 9.62 Å². The van der Waals surface area contributed by atoms with Gasteiger partial charge in [0.1, 0.15) is 6.54 Å². The van der Waals surface area contributed by atoms with E-state index in [9.17, 15) is 26.4 Å². The fraction of sp³-hybridized carbons (Fsp3) is 0.174. The molecule has 32 heavy (non-hydrogen) atoms. The van der Waals surface area contributed by atoms with Gasteiger partial charge in [0.25, 0.3) is 10.0 Å². The molecule has 5 nitrogen and oxygen atoms in total. The van der Waals surface area contributed by atoms with Gasteiger partial charge in [0.05, 0.1) is 16.1 Å². The molecule has 168 valence electrons. The van der Waals surface area contributed by atoms with E-state index in [0.717, 1.165) is 27.6 Å². The fourth-order valence-corrected chi connectivity index (χ4v) is 4.39. The molecule has 0 aliphatic rings. The second-order valence-electron chi connectivity index (χ2n) is 7.29. The predicted octanol–water partition coefficient (Wildman–Crippen LogP) is 5.16. The highest BCUT2D eigenvalue weighted by molar-refractivity contribution is 7.92. The van der Waals surface area contributed by atoms with Crippen LogP contribution >= 0.6 is 0 Å². The summed E-state index contributed by atoms with van der Waals surface area (Å²) >= 11 is 0. The van der Waals surface area contributed by atoms with Crippen LogP contribution in [0, 0.1) is 13.8 Å². The molecule has 1 amide bonds. The Hall–Kier alpha value is -3.33. The third-order valence-electron chi connectivity index (χ3n) is 4.69. The number of nitrogens with zero attached hydrogens (tertiary/aromatic N) is 1. The van der Waals surface area contributed by atoms with Gasteiger partial charge in [-0.2, -0.15) is 13.2 Å². The highest BCUT2D eigenvalue weighted by Gasteiger charge is 2.31. The number of hydrogen-bond acceptors (Lipinski definition) is 3. The summed E-state index contributed by atoms with van der Waals surface area (Å²) in [5.41, 5.74) is 1.03. The molecule has 0 aliphatic heterocycles. The standard InChI is InChI=1S/C23H21F3N2O3S/c1-16-6-10-20(11-7-16)28(32(30,31)21-12-8-17(2)9-13-21)15-22(29)27-19-5-3-4-18(14-19)23(24,25)26/h3-14H,15H2,1-2H3,(H,27,29). The number of sulfonamides is 1. The number of carbonyl (C=O) groups is 1. The van der Waals surface area contributed by atoms with Gasteiger partial charge in [-0.25, -0.2) is 8.42 Å². The molecular weight excluding hydrogens is 441 g/mol. The minimum atomic E-state index is -4.57. The van der Waals surface area contributed by atoms with E-state index in [1.54, 1.807) is 36.4 Å². The van der Waals surface area contributed by atoms with E-state index in [-0.39, 0.29) is 16.3 Å². The molecule has 3 aromatic carbocycles. The van der Waals surface area contributed by atoms with Crippen molar-refractivity contribution in [3.8, 4) is 0 Å². The highest BCUT2D eigenvalue weighted by Crippen LogP contribution is 2.31. The van der Waals surface area contributed by atoms with E-state index < -0.39 is 34.2 Å². The summed E-state index contributed by atoms with van der Waals surface area (Å²) in [7, 11) is -4.11. The minimum absolute atomic E-state index is 0.00413. The molecule has 0 aliphatic carbocycles. The van der Waals surface area contributed by atoms with Crippen LogP contribution in [0.4, 0.5) is 24.5 Å². The summed E-state index contributed by atoms with van der Waals surface area (Å²) in [4.78, 5) is 12.7. The SMILES string of the molecule is Cc1ccc(N(CC(=O)Nc2cccc(C(F)(F)F)c2)S(=O)(=O)c2ccc(C)cc2)cc1. The first-order valence-electron chi connectivity index (χ1n) is 9.60. The van der Waals surface area contributed by atoms with Gasteiger partial charge in [0.2, 0.25) is 5.91 Å². The van der Waals surface area contributed by atoms with Crippen molar-refractivity contribution in [2.75, 3.05) is 16.2 Å². The summed E-state index contributed by atoms with van der Waals surface area (Å²) < 4.78 is 66.4. The number of aryl methyl sites for hydroxylation is 2. The second kappa shape index (κ2) is 9.04. The molecule has 0 bridgehead atoms. The number of anilines is 2. The number of alkyl halides is 3. The van der Waals surface area contributed by atoms with E-state index in [2.05, 4.69) is 5.32 Å². The minimum Gasteiger partial charge on any atom is -0.325 e. The summed E-state index contributed by atoms with van der Waals surface area (Å²) in [5.74, 6) is -0.777. The molecule has 0 spiro atoms. The third kappa shape index (κ3) is 5.47. The normalized spacial score (nSPS) is 11.8. The zero-order valence-corrected chi connectivity index (χ0v) is 18.2. The third-order valence-corrected chi connectivity index (χ3v) is 6.48. The van der Waals surface area contributed by atoms with Crippen LogP contribution in [0.1, 0.15) is 16.7 Å². The molecule has 1 N–H and O–H groups in total. The van der Waals surface area contributed by atoms with Crippen molar-refractivity contribution in [1.82, 2.24) is 0 Å². The van der Waals surface area contributed by atoms with E-state index in [1.807, 2.05) is 13.8 Å². The maximum absolute atomic E-state index is 13.3. The van der Waals surface area contributed by atoms with E-state index in [1.165, 1.54) is 24.3 Å². The van der Waals surface area contributed by atoms with Crippen molar-refractivity contribution in [3.63, 3.8) is 0 Å². The molecule has 3 rings (SSSR count). The average molecular weight is 462 g/mol. The van der Waals surface area contributed by atoms with Crippen molar-refractivity contribution in [3.05, 3.63) is 89.5 Å². The maximum Gasteiger partial charge on any atom is 0.416 e. The van der Waals surface area contributed by atoms with Gasteiger partial charge in [-0.05, 0) is 56.3 Å². The summed E-state index contributed by atoms with van der Waals surface area (Å²) in [5, 5.41) is 2.35. The van der Waals surface area contributed by atoms with Crippen LogP contribution in [0.3, 0.4) is 0 Å².